The molecule has 2 bridgehead atoms. The number of carbonyl (C=O) groups is 3. The fourth-order valence-corrected chi connectivity index (χ4v) is 7.35. The summed E-state index contributed by atoms with van der Waals surface area (Å²) in [7, 11) is 3.20. The minimum atomic E-state index is -1.69. The third-order valence-electron chi connectivity index (χ3n) is 9.33. The summed E-state index contributed by atoms with van der Waals surface area (Å²) in [5, 5.41) is 12.9. The number of carbonyl (C=O) groups excluding carboxylic acids is 3. The second-order valence-electron chi connectivity index (χ2n) is 11.9. The molecule has 3 amide bonds. The molecule has 5 atom stereocenters. The molecule has 0 spiro atoms. The lowest BCUT2D eigenvalue weighted by Gasteiger charge is -2.36. The summed E-state index contributed by atoms with van der Waals surface area (Å²) in [4.78, 5) is 52.9. The average Bonchev–Trinajstić information content (AvgIpc) is 3.69. The van der Waals surface area contributed by atoms with Crippen LogP contribution >= 0.6 is 0 Å². The lowest BCUT2D eigenvalue weighted by molar-refractivity contribution is -0.146. The molecule has 1 saturated heterocycles. The van der Waals surface area contributed by atoms with Crippen LogP contribution in [0, 0.1) is 23.7 Å². The second kappa shape index (κ2) is 11.1. The van der Waals surface area contributed by atoms with Gasteiger partial charge in [0.05, 0.1) is 23.2 Å². The minimum Gasteiger partial charge on any atom is -0.375 e. The number of nitrogens with zero attached hydrogens (tertiary/aromatic N) is 4. The van der Waals surface area contributed by atoms with E-state index >= 15 is 0 Å². The van der Waals surface area contributed by atoms with E-state index in [4.69, 9.17) is 4.98 Å². The van der Waals surface area contributed by atoms with Crippen molar-refractivity contribution in [2.75, 3.05) is 20.6 Å². The van der Waals surface area contributed by atoms with Gasteiger partial charge in [0, 0.05) is 43.9 Å². The van der Waals surface area contributed by atoms with E-state index in [1.165, 1.54) is 4.90 Å². The van der Waals surface area contributed by atoms with Crippen LogP contribution < -0.4 is 0 Å². The van der Waals surface area contributed by atoms with E-state index in [0.717, 1.165) is 21.6 Å². The zero-order valence-electron chi connectivity index (χ0n) is 24.9. The number of likely N-dealkylation sites (N-methyl/N-ethyl adjacent to an activating group) is 1. The average molecular weight is 597 g/mol. The van der Waals surface area contributed by atoms with Gasteiger partial charge in [-0.1, -0.05) is 78.9 Å². The maximum atomic E-state index is 14.3. The van der Waals surface area contributed by atoms with Gasteiger partial charge in [-0.3, -0.25) is 29.3 Å². The first-order valence-corrected chi connectivity index (χ1v) is 15.0. The van der Waals surface area contributed by atoms with Gasteiger partial charge >= 0.3 is 0 Å². The number of hydrogen-bond acceptors (Lipinski definition) is 6. The van der Waals surface area contributed by atoms with Crippen molar-refractivity contribution in [3.05, 3.63) is 149 Å². The quantitative estimate of drug-likeness (QED) is 0.255. The van der Waals surface area contributed by atoms with Crippen LogP contribution in [0.2, 0.25) is 0 Å². The molecule has 4 aromatic rings. The number of allylic oxidation sites excluding steroid dienone is 2. The van der Waals surface area contributed by atoms with E-state index in [9.17, 15) is 19.5 Å². The number of amides is 3. The largest absolute Gasteiger partial charge is 0.375 e. The highest BCUT2D eigenvalue weighted by molar-refractivity contribution is 6.10. The Morgan fingerprint density at radius 2 is 1.44 bits per heavy atom. The Balaban J connectivity index is 1.49. The number of benzene rings is 2. The van der Waals surface area contributed by atoms with Gasteiger partial charge in [-0.2, -0.15) is 0 Å². The van der Waals surface area contributed by atoms with Crippen molar-refractivity contribution in [1.29, 1.82) is 0 Å². The van der Waals surface area contributed by atoms with E-state index in [2.05, 4.69) is 4.98 Å². The molecule has 2 aromatic heterocycles. The molecule has 3 aliphatic rings. The SMILES string of the molecule is CN(C)C(=O)CN1C(=O)C2C3C=C(C(O)(c4ccccc4)c4ccccn4)C(/C3=C(\c3ccccc3)c3ccccn3)C2C1=O. The van der Waals surface area contributed by atoms with Crippen molar-refractivity contribution in [3.63, 3.8) is 0 Å². The monoisotopic (exact) mass is 596 g/mol. The van der Waals surface area contributed by atoms with Crippen molar-refractivity contribution in [3.8, 4) is 0 Å². The van der Waals surface area contributed by atoms with E-state index < -0.39 is 35.2 Å². The lowest BCUT2D eigenvalue weighted by atomic mass is 9.71. The van der Waals surface area contributed by atoms with Crippen molar-refractivity contribution in [2.24, 2.45) is 23.7 Å². The summed E-state index contributed by atoms with van der Waals surface area (Å²) >= 11 is 0. The molecule has 8 heteroatoms. The topological polar surface area (TPSA) is 104 Å². The van der Waals surface area contributed by atoms with Gasteiger partial charge in [-0.25, -0.2) is 0 Å². The van der Waals surface area contributed by atoms with Gasteiger partial charge in [0.2, 0.25) is 17.7 Å². The van der Waals surface area contributed by atoms with Crippen LogP contribution in [0.3, 0.4) is 0 Å². The molecule has 7 rings (SSSR count). The van der Waals surface area contributed by atoms with E-state index in [1.807, 2.05) is 91.0 Å². The molecule has 1 saturated carbocycles. The van der Waals surface area contributed by atoms with Crippen molar-refractivity contribution >= 4 is 23.3 Å². The fourth-order valence-electron chi connectivity index (χ4n) is 7.35. The number of hydrogen-bond donors (Lipinski definition) is 1. The van der Waals surface area contributed by atoms with Crippen LogP contribution in [0.5, 0.6) is 0 Å². The van der Waals surface area contributed by atoms with Crippen LogP contribution in [0.25, 0.3) is 5.57 Å². The predicted octanol–water partition coefficient (Wildman–Crippen LogP) is 4.09. The highest BCUT2D eigenvalue weighted by atomic mass is 16.3. The Kier molecular flexibility index (Phi) is 7.01. The maximum Gasteiger partial charge on any atom is 0.242 e. The van der Waals surface area contributed by atoms with Gasteiger partial charge in [0.25, 0.3) is 0 Å². The Labute approximate surface area is 261 Å². The van der Waals surface area contributed by atoms with Crippen LogP contribution in [0.1, 0.15) is 22.5 Å². The zero-order chi connectivity index (χ0) is 31.3. The molecule has 2 fully saturated rings. The van der Waals surface area contributed by atoms with E-state index in [0.29, 0.717) is 22.5 Å². The van der Waals surface area contributed by atoms with Crippen LogP contribution in [0.4, 0.5) is 0 Å². The second-order valence-corrected chi connectivity index (χ2v) is 11.9. The molecule has 2 aromatic carbocycles. The molecule has 3 heterocycles. The molecule has 1 aliphatic heterocycles. The van der Waals surface area contributed by atoms with E-state index in [-0.39, 0.29) is 18.4 Å². The first-order valence-electron chi connectivity index (χ1n) is 15.0. The Bertz CT molecular complexity index is 1760. The van der Waals surface area contributed by atoms with Crippen molar-refractivity contribution in [1.82, 2.24) is 19.8 Å². The van der Waals surface area contributed by atoms with Crippen LogP contribution in [0.15, 0.2) is 127 Å². The summed E-state index contributed by atoms with van der Waals surface area (Å²) < 4.78 is 0. The minimum absolute atomic E-state index is 0.319. The normalized spacial score (nSPS) is 24.2. The first kappa shape index (κ1) is 28.6. The number of imide groups is 1. The van der Waals surface area contributed by atoms with Crippen molar-refractivity contribution in [2.45, 2.75) is 5.60 Å². The standard InChI is InChI=1S/C37H32N4O4/c1-40(2)29(42)22-41-35(43)32-25-21-26(37(45,24-15-7-4-8-16-24)28-18-10-12-20-39-28)33(34(32)36(41)44)31(25)30(23-13-5-3-6-14-23)27-17-9-11-19-38-27/h3-21,25,32-34,45H,22H2,1-2H3/b31-30+. The van der Waals surface area contributed by atoms with Gasteiger partial charge in [-0.15, -0.1) is 0 Å². The van der Waals surface area contributed by atoms with Crippen LogP contribution in [-0.2, 0) is 20.0 Å². The van der Waals surface area contributed by atoms with Gasteiger partial charge in [0.15, 0.2) is 5.60 Å². The Morgan fingerprint density at radius 3 is 2.07 bits per heavy atom. The Hall–Kier alpha value is -5.21. The third-order valence-corrected chi connectivity index (χ3v) is 9.33. The number of likely N-dealkylation sites (tertiary alicyclic amines) is 1. The summed E-state index contributed by atoms with van der Waals surface area (Å²) in [6, 6.07) is 30.2. The fraction of sp³-hybridized carbons (Fsp3) is 0.216. The molecular weight excluding hydrogens is 564 g/mol. The molecule has 0 radical (unpaired) electrons. The number of fused-ring (bicyclic) bond motifs is 5. The predicted molar refractivity (Wildman–Crippen MR) is 168 cm³/mol. The number of aliphatic hydroxyl groups is 1. The Morgan fingerprint density at radius 1 is 0.822 bits per heavy atom. The summed E-state index contributed by atoms with van der Waals surface area (Å²) in [6.07, 6.45) is 5.33. The highest BCUT2D eigenvalue weighted by Gasteiger charge is 2.67. The highest BCUT2D eigenvalue weighted by Crippen LogP contribution is 2.64. The summed E-state index contributed by atoms with van der Waals surface area (Å²) in [6.45, 7) is -0.319. The zero-order valence-corrected chi connectivity index (χ0v) is 24.9. The smallest absolute Gasteiger partial charge is 0.242 e. The molecule has 2 aliphatic carbocycles. The summed E-state index contributed by atoms with van der Waals surface area (Å²) in [5.41, 5.74) is 3.24. The number of rotatable bonds is 7. The number of pyridine rings is 2. The molecule has 1 N–H and O–H groups in total. The van der Waals surface area contributed by atoms with E-state index in [1.54, 1.807) is 38.6 Å². The maximum absolute atomic E-state index is 14.3. The van der Waals surface area contributed by atoms with Gasteiger partial charge in [0.1, 0.15) is 6.54 Å². The molecule has 8 nitrogen and oxygen atoms in total. The third kappa shape index (κ3) is 4.44. The number of aromatic nitrogens is 2. The van der Waals surface area contributed by atoms with Gasteiger partial charge < -0.3 is 10.0 Å². The molecular formula is C37H32N4O4. The molecule has 5 unspecified atom stereocenters. The lowest BCUT2D eigenvalue weighted by Crippen LogP contribution is -2.42. The molecule has 224 valence electrons. The van der Waals surface area contributed by atoms with Crippen molar-refractivity contribution < 1.29 is 19.5 Å². The van der Waals surface area contributed by atoms with Gasteiger partial charge in [-0.05, 0) is 46.5 Å². The first-order chi connectivity index (χ1) is 21.8. The summed E-state index contributed by atoms with van der Waals surface area (Å²) in [5.74, 6) is -3.77. The van der Waals surface area contributed by atoms with Crippen LogP contribution in [-0.4, -0.2) is 63.2 Å². The molecule has 45 heavy (non-hydrogen) atoms.